The molecule has 504 valence electrons. The molecule has 0 atom stereocenters. The van der Waals surface area contributed by atoms with Crippen LogP contribution in [0.5, 0.6) is 0 Å². The summed E-state index contributed by atoms with van der Waals surface area (Å²) < 4.78 is 254. The molecule has 0 bridgehead atoms. The Balaban J connectivity index is 0.000000162. The van der Waals surface area contributed by atoms with Gasteiger partial charge in [-0.3, -0.25) is 9.13 Å². The first-order chi connectivity index (χ1) is 64.3. The van der Waals surface area contributed by atoms with Gasteiger partial charge in [0.15, 0.2) is 23.3 Å². The molecule has 108 heavy (non-hydrogen) atoms. The Morgan fingerprint density at radius 1 is 0.259 bits per heavy atom. The average Bonchev–Trinajstić information content (AvgIpc) is 1.52. The van der Waals surface area contributed by atoms with Gasteiger partial charge in [-0.25, -0.2) is 9.97 Å². The first kappa shape index (κ1) is 40.6. The Bertz CT molecular complexity index is 9200. The molecule has 12 heteroatoms. The molecular weight excluding hydrogens is 1350 g/mol. The van der Waals surface area contributed by atoms with Gasteiger partial charge in [0, 0.05) is 90.9 Å². The lowest BCUT2D eigenvalue weighted by atomic mass is 9.97. The predicted octanol–water partition coefficient (Wildman–Crippen LogP) is 25.7. The standard InChI is InChI=1S/C51H30N4OS.C45H26N4O2/c1-3-13-31(14-4-1)36-21-12-23-42-46(36)39-26-25-34(30-43(39)56-42)33-17-11-18-35(29-33)50-52-49(32-15-5-2-6-16-32)53-51(54-50)55-41-22-9-7-19-37(41)38-27-28-45-47(48(38)55)40-20-8-10-24-44(40)57-45;1-3-12-27(13-4-1)30-18-11-21-37-40(30)34-23-22-29(26-39(34)51-37)44-46-43(28-14-5-2-6-15-28)47-45(48-44)49-35-19-9-7-16-31(35)32-24-25-38-41(42(32)49)33-17-8-10-20-36(33)50-38/h1-30H;1-26H/i;1D,2D,3D,4D,5D,6D,7D,8D,9D,10D,11D,12D,13D,14D,15D,16D,17D,18D,19D,20D,21D,22D,23D,24D,25D,26D. The number of hydrogen-bond donors (Lipinski definition) is 0. The van der Waals surface area contributed by atoms with E-state index in [-0.39, 0.29) is 5.39 Å². The summed E-state index contributed by atoms with van der Waals surface area (Å²) >= 11 is 1.82. The van der Waals surface area contributed by atoms with Crippen LogP contribution in [0, 0.1) is 0 Å². The fraction of sp³-hybridized carbons (Fsp3) is 0. The summed E-state index contributed by atoms with van der Waals surface area (Å²) in [6.45, 7) is 0. The fourth-order valence-electron chi connectivity index (χ4n) is 14.5. The third-order valence-corrected chi connectivity index (χ3v) is 20.3. The molecule has 0 amide bonds. The Kier molecular flexibility index (Phi) is 9.24. The highest BCUT2D eigenvalue weighted by molar-refractivity contribution is 7.26. The zero-order chi connectivity index (χ0) is 93.5. The van der Waals surface area contributed by atoms with Crippen molar-refractivity contribution in [1.29, 1.82) is 0 Å². The van der Waals surface area contributed by atoms with Crippen LogP contribution in [-0.2, 0) is 0 Å². The van der Waals surface area contributed by atoms with Crippen molar-refractivity contribution in [3.8, 4) is 90.8 Å². The van der Waals surface area contributed by atoms with Crippen molar-refractivity contribution in [1.82, 2.24) is 39.0 Å². The van der Waals surface area contributed by atoms with E-state index in [0.717, 1.165) is 70.7 Å². The second-order valence-corrected chi connectivity index (χ2v) is 26.3. The molecule has 0 N–H and O–H groups in total. The minimum absolute atomic E-state index is 0.370. The molecule has 15 aromatic carbocycles. The quantitative estimate of drug-likeness (QED) is 0.139. The van der Waals surface area contributed by atoms with Gasteiger partial charge in [0.25, 0.3) is 0 Å². The van der Waals surface area contributed by atoms with Gasteiger partial charge in [-0.15, -0.1) is 11.3 Å². The van der Waals surface area contributed by atoms with E-state index in [9.17, 15) is 6.85 Å². The third-order valence-electron chi connectivity index (χ3n) is 19.1. The van der Waals surface area contributed by atoms with Crippen LogP contribution in [0.2, 0.25) is 0 Å². The molecule has 0 saturated carbocycles. The number of benzene rings is 15. The molecule has 8 aromatic heterocycles. The smallest absolute Gasteiger partial charge is 0.238 e. The van der Waals surface area contributed by atoms with Crippen LogP contribution in [0.3, 0.4) is 0 Å². The molecule has 0 radical (unpaired) electrons. The molecule has 0 aliphatic heterocycles. The Morgan fingerprint density at radius 2 is 0.833 bits per heavy atom. The fourth-order valence-corrected chi connectivity index (χ4v) is 15.6. The molecular formula is C96H56N8O3S. The number of nitrogens with zero attached hydrogens (tertiary/aromatic N) is 8. The monoisotopic (exact) mass is 1430 g/mol. The van der Waals surface area contributed by atoms with E-state index in [1.165, 1.54) is 31.1 Å². The maximum absolute atomic E-state index is 9.66. The van der Waals surface area contributed by atoms with Gasteiger partial charge in [0.1, 0.15) is 33.5 Å². The van der Waals surface area contributed by atoms with Gasteiger partial charge in [-0.05, 0) is 118 Å². The third kappa shape index (κ3) is 9.88. The number of rotatable bonds is 9. The van der Waals surface area contributed by atoms with Crippen LogP contribution in [0.25, 0.3) is 220 Å². The molecule has 0 aliphatic carbocycles. The topological polar surface area (TPSA) is 127 Å². The lowest BCUT2D eigenvalue weighted by Crippen LogP contribution is -2.06. The summed E-state index contributed by atoms with van der Waals surface area (Å²) in [7, 11) is 0. The van der Waals surface area contributed by atoms with Crippen LogP contribution in [0.4, 0.5) is 0 Å². The van der Waals surface area contributed by atoms with Crippen molar-refractivity contribution >= 4 is 141 Å². The van der Waals surface area contributed by atoms with Crippen LogP contribution < -0.4 is 0 Å². The number of fused-ring (bicyclic) bond motifs is 20. The predicted molar refractivity (Wildman–Crippen MR) is 441 cm³/mol. The van der Waals surface area contributed by atoms with Gasteiger partial charge in [0.2, 0.25) is 11.9 Å². The number of para-hydroxylation sites is 3. The zero-order valence-corrected chi connectivity index (χ0v) is 56.3. The van der Waals surface area contributed by atoms with E-state index in [1.807, 2.05) is 41.7 Å². The van der Waals surface area contributed by atoms with Crippen molar-refractivity contribution in [2.24, 2.45) is 0 Å². The van der Waals surface area contributed by atoms with E-state index in [0.29, 0.717) is 17.6 Å². The molecule has 0 spiro atoms. The molecule has 0 saturated heterocycles. The first-order valence-electron chi connectivity index (χ1n) is 46.8. The summed E-state index contributed by atoms with van der Waals surface area (Å²) in [5.74, 6) is -0.716. The normalized spacial score (nSPS) is 15.3. The van der Waals surface area contributed by atoms with Gasteiger partial charge < -0.3 is 13.3 Å². The maximum Gasteiger partial charge on any atom is 0.238 e. The second kappa shape index (κ2) is 24.6. The minimum Gasteiger partial charge on any atom is -0.456 e. The molecule has 0 aliphatic rings. The lowest BCUT2D eigenvalue weighted by Gasteiger charge is -2.12. The van der Waals surface area contributed by atoms with Crippen molar-refractivity contribution in [2.75, 3.05) is 0 Å². The van der Waals surface area contributed by atoms with Crippen LogP contribution >= 0.6 is 11.3 Å². The van der Waals surface area contributed by atoms with Crippen LogP contribution in [0.1, 0.15) is 35.6 Å². The second-order valence-electron chi connectivity index (χ2n) is 25.2. The van der Waals surface area contributed by atoms with Gasteiger partial charge in [-0.2, -0.15) is 19.9 Å². The van der Waals surface area contributed by atoms with E-state index >= 15 is 0 Å². The van der Waals surface area contributed by atoms with E-state index < -0.39 is 257 Å². The zero-order valence-electron chi connectivity index (χ0n) is 81.5. The van der Waals surface area contributed by atoms with Crippen molar-refractivity contribution < 1.29 is 48.9 Å². The highest BCUT2D eigenvalue weighted by atomic mass is 32.1. The highest BCUT2D eigenvalue weighted by Crippen LogP contribution is 2.46. The Morgan fingerprint density at radius 3 is 1.66 bits per heavy atom. The molecule has 0 unspecified atom stereocenters. The summed E-state index contributed by atoms with van der Waals surface area (Å²) in [4.78, 5) is 29.2. The molecule has 23 aromatic rings. The van der Waals surface area contributed by atoms with Crippen molar-refractivity contribution in [3.05, 3.63) is 339 Å². The number of thiophene rings is 1. The van der Waals surface area contributed by atoms with Gasteiger partial charge >= 0.3 is 0 Å². The number of furan rings is 3. The highest BCUT2D eigenvalue weighted by Gasteiger charge is 2.26. The molecule has 11 nitrogen and oxygen atoms in total. The van der Waals surface area contributed by atoms with E-state index in [1.54, 1.807) is 0 Å². The Hall–Kier alpha value is -14.5. The van der Waals surface area contributed by atoms with Crippen molar-refractivity contribution in [3.63, 3.8) is 0 Å². The number of aromatic nitrogens is 8. The molecule has 8 heterocycles. The largest absolute Gasteiger partial charge is 0.456 e. The SMILES string of the molecule is [2H]c1c([2H])c([2H])c(-c2nc(-c3c([2H])c([2H])c4c(oc5c([2H])c([2H])c([2H])c(-c6c([2H])c([2H])c([2H])c([2H])c6[2H])c54)c3[2H])nc(-n3c4c([2H])c([2H])c([2H])c([2H])c4c4c([2H])c([2H])c5oc6c([2H])c([2H])c([2H])c([2H])c6c5c43)n2)c([2H])c1[2H].c1ccc(-c2nc(-c3cccc(-c4ccc5c(c4)oc4cccc(-c6ccccc6)c45)c3)nc(-n3c4ccccc4c4ccc5sc6ccccc6c5c43)n2)cc1. The first-order valence-corrected chi connectivity index (χ1v) is 34.7. The van der Waals surface area contributed by atoms with Gasteiger partial charge in [0.05, 0.1) is 63.1 Å². The summed E-state index contributed by atoms with van der Waals surface area (Å²) in [6, 6.07) is 41.9. The average molecular weight is 1430 g/mol. The lowest BCUT2D eigenvalue weighted by molar-refractivity contribution is 0.668. The van der Waals surface area contributed by atoms with Crippen LogP contribution in [-0.4, -0.2) is 39.0 Å². The van der Waals surface area contributed by atoms with Gasteiger partial charge in [-0.1, -0.05) is 254 Å². The summed E-state index contributed by atoms with van der Waals surface area (Å²) in [5, 5.41) is 4.35. The van der Waals surface area contributed by atoms with E-state index in [4.69, 9.17) is 57.0 Å². The summed E-state index contributed by atoms with van der Waals surface area (Å²) in [6.07, 6.45) is 0. The maximum atomic E-state index is 9.66. The molecule has 23 rings (SSSR count). The van der Waals surface area contributed by atoms with Crippen molar-refractivity contribution in [2.45, 2.75) is 0 Å². The Labute approximate surface area is 656 Å². The molecule has 0 fully saturated rings. The number of hydrogen-bond acceptors (Lipinski definition) is 10. The minimum atomic E-state index is -0.968. The summed E-state index contributed by atoms with van der Waals surface area (Å²) in [5.41, 5.74) is 4.06. The van der Waals surface area contributed by atoms with E-state index in [2.05, 4.69) is 171 Å². The van der Waals surface area contributed by atoms with Crippen LogP contribution in [0.15, 0.2) is 352 Å².